The van der Waals surface area contributed by atoms with E-state index in [1.54, 1.807) is 0 Å². The fourth-order valence-electron chi connectivity index (χ4n) is 1.95. The van der Waals surface area contributed by atoms with Crippen LogP contribution in [0.3, 0.4) is 0 Å². The maximum absolute atomic E-state index is 10.1. The number of aliphatic hydroxyl groups is 1. The highest BCUT2D eigenvalue weighted by Gasteiger charge is 2.28. The largest absolute Gasteiger partial charge is 0.382 e. The normalized spacial score (nSPS) is 25.1. The van der Waals surface area contributed by atoms with E-state index in [1.807, 2.05) is 24.3 Å². The molecule has 1 aromatic carbocycles. The number of rotatable bonds is 1. The van der Waals surface area contributed by atoms with Gasteiger partial charge >= 0.3 is 0 Å². The second-order valence-corrected chi connectivity index (χ2v) is 4.04. The second kappa shape index (κ2) is 3.56. The van der Waals surface area contributed by atoms with Crippen molar-refractivity contribution in [3.63, 3.8) is 0 Å². The van der Waals surface area contributed by atoms with E-state index in [0.717, 1.165) is 11.1 Å². The Kier molecular flexibility index (Phi) is 2.40. The van der Waals surface area contributed by atoms with Gasteiger partial charge < -0.3 is 10.0 Å². The molecule has 0 aliphatic heterocycles. The number of likely N-dealkylation sites (N-methyl/N-ethyl adjacent to an activating group) is 1. The fraction of sp³-hybridized carbons (Fsp3) is 0.333. The number of aliphatic hydroxyl groups excluding tert-OH is 1. The Morgan fingerprint density at radius 3 is 2.64 bits per heavy atom. The van der Waals surface area contributed by atoms with Gasteiger partial charge in [-0.05, 0) is 17.2 Å². The molecule has 1 aliphatic carbocycles. The average molecular weight is 190 g/mol. The lowest BCUT2D eigenvalue weighted by molar-refractivity contribution is -0.883. The van der Waals surface area contributed by atoms with Crippen molar-refractivity contribution in [1.29, 1.82) is 0 Å². The molecule has 0 saturated carbocycles. The molecule has 2 atom stereocenters. The van der Waals surface area contributed by atoms with Gasteiger partial charge in [-0.15, -0.1) is 0 Å². The summed E-state index contributed by atoms with van der Waals surface area (Å²) in [5.74, 6) is 0. The third-order valence-electron chi connectivity index (χ3n) is 2.80. The van der Waals surface area contributed by atoms with Crippen LogP contribution in [0.25, 0.3) is 6.08 Å². The van der Waals surface area contributed by atoms with Gasteiger partial charge in [-0.25, -0.2) is 0 Å². The molecule has 74 valence electrons. The summed E-state index contributed by atoms with van der Waals surface area (Å²) in [5.41, 5.74) is 2.18. The van der Waals surface area contributed by atoms with E-state index in [9.17, 15) is 5.11 Å². The first-order valence-corrected chi connectivity index (χ1v) is 4.95. The molecule has 0 bridgehead atoms. The summed E-state index contributed by atoms with van der Waals surface area (Å²) in [6.45, 7) is 0. The SMILES string of the molecule is C[NH+](C)[C@@H]1C=Cc2ccccc2[C@@H]1O. The van der Waals surface area contributed by atoms with Gasteiger partial charge in [0.15, 0.2) is 0 Å². The zero-order chi connectivity index (χ0) is 10.1. The Hall–Kier alpha value is -1.12. The molecule has 0 spiro atoms. The van der Waals surface area contributed by atoms with Gasteiger partial charge in [-0.1, -0.05) is 30.3 Å². The minimum atomic E-state index is -0.374. The first kappa shape index (κ1) is 9.44. The summed E-state index contributed by atoms with van der Waals surface area (Å²) in [4.78, 5) is 1.25. The Labute approximate surface area is 84.5 Å². The zero-order valence-corrected chi connectivity index (χ0v) is 8.57. The molecule has 0 fully saturated rings. The van der Waals surface area contributed by atoms with Crippen LogP contribution in [0.2, 0.25) is 0 Å². The van der Waals surface area contributed by atoms with Gasteiger partial charge in [-0.3, -0.25) is 0 Å². The lowest BCUT2D eigenvalue weighted by Crippen LogP contribution is -3.10. The van der Waals surface area contributed by atoms with Crippen molar-refractivity contribution >= 4 is 6.08 Å². The molecule has 2 heteroatoms. The number of benzene rings is 1. The first-order chi connectivity index (χ1) is 6.70. The molecule has 14 heavy (non-hydrogen) atoms. The third-order valence-corrected chi connectivity index (χ3v) is 2.80. The van der Waals surface area contributed by atoms with Gasteiger partial charge in [0.05, 0.1) is 14.1 Å². The minimum Gasteiger partial charge on any atom is -0.382 e. The van der Waals surface area contributed by atoms with Crippen LogP contribution in [0.15, 0.2) is 30.3 Å². The third kappa shape index (κ3) is 1.47. The maximum Gasteiger partial charge on any atom is 0.137 e. The van der Waals surface area contributed by atoms with Crippen LogP contribution in [0.4, 0.5) is 0 Å². The van der Waals surface area contributed by atoms with E-state index in [4.69, 9.17) is 0 Å². The molecule has 0 saturated heterocycles. The summed E-state index contributed by atoms with van der Waals surface area (Å²) < 4.78 is 0. The Morgan fingerprint density at radius 1 is 1.21 bits per heavy atom. The minimum absolute atomic E-state index is 0.171. The van der Waals surface area contributed by atoms with Crippen LogP contribution in [-0.2, 0) is 0 Å². The molecule has 1 aromatic rings. The quantitative estimate of drug-likeness (QED) is 0.652. The van der Waals surface area contributed by atoms with Crippen molar-refractivity contribution in [3.05, 3.63) is 41.5 Å². The molecule has 0 unspecified atom stereocenters. The standard InChI is InChI=1S/C12H15NO/c1-13(2)11-8-7-9-5-3-4-6-10(9)12(11)14/h3-8,11-12,14H,1-2H3/p+1/t11-,12+/m1/s1. The number of quaternary nitrogens is 1. The van der Waals surface area contributed by atoms with Crippen LogP contribution < -0.4 is 4.90 Å². The van der Waals surface area contributed by atoms with Crippen LogP contribution in [0, 0.1) is 0 Å². The molecule has 0 aromatic heterocycles. The van der Waals surface area contributed by atoms with Gasteiger partial charge in [-0.2, -0.15) is 0 Å². The molecule has 0 amide bonds. The predicted octanol–water partition coefficient (Wildman–Crippen LogP) is 0.260. The number of hydrogen-bond donors (Lipinski definition) is 2. The lowest BCUT2D eigenvalue weighted by atomic mass is 9.91. The maximum atomic E-state index is 10.1. The highest BCUT2D eigenvalue weighted by Crippen LogP contribution is 2.26. The van der Waals surface area contributed by atoms with Gasteiger partial charge in [0.1, 0.15) is 12.1 Å². The predicted molar refractivity (Wildman–Crippen MR) is 57.0 cm³/mol. The first-order valence-electron chi connectivity index (χ1n) is 4.95. The van der Waals surface area contributed by atoms with Crippen molar-refractivity contribution in [2.45, 2.75) is 12.1 Å². The van der Waals surface area contributed by atoms with Crippen LogP contribution in [0.5, 0.6) is 0 Å². The summed E-state index contributed by atoms with van der Waals surface area (Å²) >= 11 is 0. The van der Waals surface area contributed by atoms with Crippen LogP contribution in [0.1, 0.15) is 17.2 Å². The summed E-state index contributed by atoms with van der Waals surface area (Å²) in [7, 11) is 4.12. The van der Waals surface area contributed by atoms with Crippen molar-refractivity contribution in [2.24, 2.45) is 0 Å². The van der Waals surface area contributed by atoms with Gasteiger partial charge in [0.2, 0.25) is 0 Å². The molecular weight excluding hydrogens is 174 g/mol. The summed E-state index contributed by atoms with van der Waals surface area (Å²) in [6.07, 6.45) is 3.81. The van der Waals surface area contributed by atoms with Crippen molar-refractivity contribution in [1.82, 2.24) is 0 Å². The lowest BCUT2D eigenvalue weighted by Gasteiger charge is -2.27. The summed E-state index contributed by atoms with van der Waals surface area (Å²) in [6, 6.07) is 8.18. The van der Waals surface area contributed by atoms with E-state index < -0.39 is 0 Å². The van der Waals surface area contributed by atoms with Crippen LogP contribution >= 0.6 is 0 Å². The highest BCUT2D eigenvalue weighted by molar-refractivity contribution is 5.58. The number of fused-ring (bicyclic) bond motifs is 1. The number of nitrogens with one attached hydrogen (secondary N) is 1. The van der Waals surface area contributed by atoms with Crippen LogP contribution in [-0.4, -0.2) is 25.2 Å². The molecular formula is C12H16NO+. The van der Waals surface area contributed by atoms with E-state index >= 15 is 0 Å². The molecule has 1 aliphatic rings. The molecule has 2 N–H and O–H groups in total. The Morgan fingerprint density at radius 2 is 1.93 bits per heavy atom. The second-order valence-electron chi connectivity index (χ2n) is 4.04. The molecule has 2 nitrogen and oxygen atoms in total. The van der Waals surface area contributed by atoms with Gasteiger partial charge in [0.25, 0.3) is 0 Å². The smallest absolute Gasteiger partial charge is 0.137 e. The molecule has 0 radical (unpaired) electrons. The monoisotopic (exact) mass is 190 g/mol. The zero-order valence-electron chi connectivity index (χ0n) is 8.57. The fourth-order valence-corrected chi connectivity index (χ4v) is 1.95. The molecule has 0 heterocycles. The summed E-state index contributed by atoms with van der Waals surface area (Å²) in [5, 5.41) is 10.1. The van der Waals surface area contributed by atoms with Gasteiger partial charge in [0, 0.05) is 0 Å². The van der Waals surface area contributed by atoms with E-state index in [-0.39, 0.29) is 12.1 Å². The Balaban J connectivity index is 2.40. The van der Waals surface area contributed by atoms with E-state index in [1.165, 1.54) is 4.90 Å². The number of hydrogen-bond acceptors (Lipinski definition) is 1. The molecule has 2 rings (SSSR count). The van der Waals surface area contributed by atoms with E-state index in [0.29, 0.717) is 0 Å². The Bertz CT molecular complexity index is 357. The van der Waals surface area contributed by atoms with E-state index in [2.05, 4.69) is 26.2 Å². The topological polar surface area (TPSA) is 24.7 Å². The van der Waals surface area contributed by atoms with Crippen molar-refractivity contribution < 1.29 is 10.0 Å². The van der Waals surface area contributed by atoms with Crippen molar-refractivity contribution in [2.75, 3.05) is 14.1 Å². The highest BCUT2D eigenvalue weighted by atomic mass is 16.3. The van der Waals surface area contributed by atoms with Crippen molar-refractivity contribution in [3.8, 4) is 0 Å². The average Bonchev–Trinajstić information content (AvgIpc) is 2.18.